The van der Waals surface area contributed by atoms with E-state index in [0.717, 1.165) is 17.9 Å². The lowest BCUT2D eigenvalue weighted by Gasteiger charge is -2.35. The first-order chi connectivity index (χ1) is 8.40. The zero-order valence-corrected chi connectivity index (χ0v) is 11.7. The summed E-state index contributed by atoms with van der Waals surface area (Å²) in [5, 5.41) is 3.81. The Labute approximate surface area is 108 Å². The van der Waals surface area contributed by atoms with Gasteiger partial charge in [0, 0.05) is 6.04 Å². The standard InChI is InChI=1S/C16H31N/c1-2-13-17-16(15-9-6-10-15)12-11-14-7-4-3-5-8-14/h14-17H,2-13H2,1H3. The van der Waals surface area contributed by atoms with Crippen molar-refractivity contribution in [3.63, 3.8) is 0 Å². The summed E-state index contributed by atoms with van der Waals surface area (Å²) in [6.45, 7) is 3.51. The monoisotopic (exact) mass is 237 g/mol. The van der Waals surface area contributed by atoms with Crippen LogP contribution >= 0.6 is 0 Å². The van der Waals surface area contributed by atoms with Crippen LogP contribution in [0.1, 0.15) is 77.6 Å². The smallest absolute Gasteiger partial charge is 0.00954 e. The van der Waals surface area contributed by atoms with Gasteiger partial charge < -0.3 is 5.32 Å². The Morgan fingerprint density at radius 2 is 1.76 bits per heavy atom. The molecule has 0 heterocycles. The van der Waals surface area contributed by atoms with Gasteiger partial charge in [-0.1, -0.05) is 45.4 Å². The van der Waals surface area contributed by atoms with Gasteiger partial charge >= 0.3 is 0 Å². The zero-order chi connectivity index (χ0) is 11.9. The van der Waals surface area contributed by atoms with Crippen LogP contribution in [0.15, 0.2) is 0 Å². The normalized spacial score (nSPS) is 24.5. The van der Waals surface area contributed by atoms with Crippen molar-refractivity contribution in [1.29, 1.82) is 0 Å². The second-order valence-corrected chi connectivity index (χ2v) is 6.33. The van der Waals surface area contributed by atoms with Crippen LogP contribution in [0.5, 0.6) is 0 Å². The van der Waals surface area contributed by atoms with E-state index >= 15 is 0 Å². The minimum Gasteiger partial charge on any atom is -0.314 e. The van der Waals surface area contributed by atoms with E-state index in [4.69, 9.17) is 0 Å². The first-order valence-electron chi connectivity index (χ1n) is 8.13. The second kappa shape index (κ2) is 7.41. The average Bonchev–Trinajstić information content (AvgIpc) is 2.31. The molecule has 0 aromatic carbocycles. The van der Waals surface area contributed by atoms with Gasteiger partial charge in [0.15, 0.2) is 0 Å². The van der Waals surface area contributed by atoms with E-state index in [1.165, 1.54) is 77.2 Å². The Balaban J connectivity index is 1.67. The summed E-state index contributed by atoms with van der Waals surface area (Å²) in [6.07, 6.45) is 16.2. The van der Waals surface area contributed by atoms with E-state index in [1.807, 2.05) is 0 Å². The molecule has 0 saturated heterocycles. The molecule has 0 aromatic rings. The summed E-state index contributed by atoms with van der Waals surface area (Å²) in [6, 6.07) is 0.852. The number of hydrogen-bond donors (Lipinski definition) is 1. The highest BCUT2D eigenvalue weighted by atomic mass is 14.9. The first-order valence-corrected chi connectivity index (χ1v) is 8.13. The molecule has 1 heteroatoms. The maximum atomic E-state index is 3.81. The first kappa shape index (κ1) is 13.4. The molecule has 0 aliphatic heterocycles. The third-order valence-electron chi connectivity index (χ3n) is 4.99. The predicted molar refractivity (Wildman–Crippen MR) is 75.2 cm³/mol. The lowest BCUT2D eigenvalue weighted by atomic mass is 9.76. The van der Waals surface area contributed by atoms with Crippen molar-refractivity contribution in [3.05, 3.63) is 0 Å². The minimum atomic E-state index is 0.852. The van der Waals surface area contributed by atoms with E-state index in [-0.39, 0.29) is 0 Å². The molecule has 2 fully saturated rings. The van der Waals surface area contributed by atoms with Crippen molar-refractivity contribution in [2.24, 2.45) is 11.8 Å². The van der Waals surface area contributed by atoms with Crippen LogP contribution in [-0.4, -0.2) is 12.6 Å². The molecule has 1 atom stereocenters. The van der Waals surface area contributed by atoms with Crippen LogP contribution in [0.4, 0.5) is 0 Å². The number of rotatable bonds is 7. The van der Waals surface area contributed by atoms with E-state index < -0.39 is 0 Å². The molecule has 100 valence electrons. The molecule has 0 aromatic heterocycles. The van der Waals surface area contributed by atoms with Crippen molar-refractivity contribution < 1.29 is 0 Å². The van der Waals surface area contributed by atoms with Gasteiger partial charge in [0.05, 0.1) is 0 Å². The lowest BCUT2D eigenvalue weighted by Crippen LogP contribution is -2.40. The molecule has 2 rings (SSSR count). The molecular weight excluding hydrogens is 206 g/mol. The molecule has 17 heavy (non-hydrogen) atoms. The lowest BCUT2D eigenvalue weighted by molar-refractivity contribution is 0.203. The molecule has 1 unspecified atom stereocenters. The predicted octanol–water partition coefficient (Wildman–Crippen LogP) is 4.52. The Morgan fingerprint density at radius 1 is 1.00 bits per heavy atom. The van der Waals surface area contributed by atoms with Gasteiger partial charge in [-0.2, -0.15) is 0 Å². The van der Waals surface area contributed by atoms with Crippen molar-refractivity contribution in [2.45, 2.75) is 83.6 Å². The van der Waals surface area contributed by atoms with Gasteiger partial charge in [0.1, 0.15) is 0 Å². The van der Waals surface area contributed by atoms with Crippen molar-refractivity contribution in [2.75, 3.05) is 6.54 Å². The van der Waals surface area contributed by atoms with Crippen molar-refractivity contribution in [3.8, 4) is 0 Å². The van der Waals surface area contributed by atoms with Crippen LogP contribution in [0, 0.1) is 11.8 Å². The summed E-state index contributed by atoms with van der Waals surface area (Å²) in [7, 11) is 0. The Bertz CT molecular complexity index is 192. The van der Waals surface area contributed by atoms with Gasteiger partial charge in [0.2, 0.25) is 0 Å². The highest BCUT2D eigenvalue weighted by Gasteiger charge is 2.27. The second-order valence-electron chi connectivity index (χ2n) is 6.33. The molecular formula is C16H31N. The van der Waals surface area contributed by atoms with Crippen molar-refractivity contribution in [1.82, 2.24) is 5.32 Å². The van der Waals surface area contributed by atoms with Gasteiger partial charge in [0.25, 0.3) is 0 Å². The number of nitrogens with one attached hydrogen (secondary N) is 1. The van der Waals surface area contributed by atoms with Gasteiger partial charge in [-0.25, -0.2) is 0 Å². The minimum absolute atomic E-state index is 0.852. The largest absolute Gasteiger partial charge is 0.314 e. The van der Waals surface area contributed by atoms with E-state index in [0.29, 0.717) is 0 Å². The maximum Gasteiger partial charge on any atom is 0.00954 e. The van der Waals surface area contributed by atoms with Crippen molar-refractivity contribution >= 4 is 0 Å². The Morgan fingerprint density at radius 3 is 2.35 bits per heavy atom. The SMILES string of the molecule is CCCNC(CCC1CCCCC1)C1CCC1. The third kappa shape index (κ3) is 4.28. The van der Waals surface area contributed by atoms with E-state index in [9.17, 15) is 0 Å². The Hall–Kier alpha value is -0.0400. The fourth-order valence-corrected chi connectivity index (χ4v) is 3.57. The van der Waals surface area contributed by atoms with Crippen LogP contribution in [0.25, 0.3) is 0 Å². The fraction of sp³-hybridized carbons (Fsp3) is 1.00. The summed E-state index contributed by atoms with van der Waals surface area (Å²) < 4.78 is 0. The summed E-state index contributed by atoms with van der Waals surface area (Å²) in [5.74, 6) is 2.08. The van der Waals surface area contributed by atoms with Gasteiger partial charge in [-0.3, -0.25) is 0 Å². The molecule has 2 saturated carbocycles. The van der Waals surface area contributed by atoms with Gasteiger partial charge in [-0.05, 0) is 50.5 Å². The average molecular weight is 237 g/mol. The van der Waals surface area contributed by atoms with E-state index in [1.54, 1.807) is 0 Å². The number of hydrogen-bond acceptors (Lipinski definition) is 1. The highest BCUT2D eigenvalue weighted by Crippen LogP contribution is 2.34. The summed E-state index contributed by atoms with van der Waals surface area (Å²) in [4.78, 5) is 0. The molecule has 0 radical (unpaired) electrons. The quantitative estimate of drug-likeness (QED) is 0.686. The van der Waals surface area contributed by atoms with Gasteiger partial charge in [-0.15, -0.1) is 0 Å². The summed E-state index contributed by atoms with van der Waals surface area (Å²) >= 11 is 0. The Kier molecular flexibility index (Phi) is 5.84. The topological polar surface area (TPSA) is 12.0 Å². The third-order valence-corrected chi connectivity index (χ3v) is 4.99. The molecule has 2 aliphatic carbocycles. The van der Waals surface area contributed by atoms with Crippen LogP contribution in [-0.2, 0) is 0 Å². The van der Waals surface area contributed by atoms with Crippen LogP contribution in [0.3, 0.4) is 0 Å². The zero-order valence-electron chi connectivity index (χ0n) is 11.7. The van der Waals surface area contributed by atoms with E-state index in [2.05, 4.69) is 12.2 Å². The molecule has 1 nitrogen and oxygen atoms in total. The molecule has 2 aliphatic rings. The maximum absolute atomic E-state index is 3.81. The fourth-order valence-electron chi connectivity index (χ4n) is 3.57. The van der Waals surface area contributed by atoms with Crippen LogP contribution in [0.2, 0.25) is 0 Å². The molecule has 0 spiro atoms. The molecule has 1 N–H and O–H groups in total. The van der Waals surface area contributed by atoms with Crippen LogP contribution < -0.4 is 5.32 Å². The highest BCUT2D eigenvalue weighted by molar-refractivity contribution is 4.83. The molecule has 0 bridgehead atoms. The molecule has 0 amide bonds. The summed E-state index contributed by atoms with van der Waals surface area (Å²) in [5.41, 5.74) is 0.